The van der Waals surface area contributed by atoms with Crippen LogP contribution < -0.4 is 5.73 Å². The lowest BCUT2D eigenvalue weighted by Gasteiger charge is -2.06. The van der Waals surface area contributed by atoms with Crippen molar-refractivity contribution in [3.8, 4) is 0 Å². The van der Waals surface area contributed by atoms with Crippen molar-refractivity contribution in [2.24, 2.45) is 5.73 Å². The third kappa shape index (κ3) is 2.25. The summed E-state index contributed by atoms with van der Waals surface area (Å²) < 4.78 is 0. The molecule has 2 aromatic rings. The van der Waals surface area contributed by atoms with Crippen molar-refractivity contribution < 1.29 is 0 Å². The Morgan fingerprint density at radius 1 is 1.44 bits per heavy atom. The third-order valence-corrected chi connectivity index (χ3v) is 2.88. The number of para-hydroxylation sites is 1. The fraction of sp³-hybridized carbons (Fsp3) is 0.462. The molecule has 1 atom stereocenters. The predicted octanol–water partition coefficient (Wildman–Crippen LogP) is 2.54. The van der Waals surface area contributed by atoms with Gasteiger partial charge in [-0.2, -0.15) is 0 Å². The van der Waals surface area contributed by atoms with Crippen LogP contribution in [0.4, 0.5) is 0 Å². The van der Waals surface area contributed by atoms with E-state index in [4.69, 9.17) is 5.73 Å². The molecule has 0 aliphatic heterocycles. The number of hydrogen-bond donors (Lipinski definition) is 2. The van der Waals surface area contributed by atoms with E-state index in [1.54, 1.807) is 0 Å². The van der Waals surface area contributed by atoms with Gasteiger partial charge in [-0.1, -0.05) is 25.5 Å². The van der Waals surface area contributed by atoms with Gasteiger partial charge >= 0.3 is 0 Å². The van der Waals surface area contributed by atoms with Crippen molar-refractivity contribution in [2.45, 2.75) is 39.2 Å². The fourth-order valence-corrected chi connectivity index (χ4v) is 2.04. The third-order valence-electron chi connectivity index (χ3n) is 2.88. The highest BCUT2D eigenvalue weighted by Crippen LogP contribution is 2.16. The molecule has 2 rings (SSSR count). The number of aromatic nitrogens is 2. The van der Waals surface area contributed by atoms with Gasteiger partial charge in [-0.15, -0.1) is 0 Å². The minimum atomic E-state index is 0.214. The first-order chi connectivity index (χ1) is 7.70. The second kappa shape index (κ2) is 4.66. The van der Waals surface area contributed by atoms with Gasteiger partial charge in [0.15, 0.2) is 0 Å². The number of nitrogens with one attached hydrogen (secondary N) is 1. The summed E-state index contributed by atoms with van der Waals surface area (Å²) in [5, 5.41) is 0. The molecule has 0 aliphatic carbocycles. The van der Waals surface area contributed by atoms with Crippen LogP contribution in [0.3, 0.4) is 0 Å². The molecule has 86 valence electrons. The monoisotopic (exact) mass is 217 g/mol. The molecular formula is C13H19N3. The van der Waals surface area contributed by atoms with Gasteiger partial charge in [0.05, 0.1) is 11.0 Å². The van der Waals surface area contributed by atoms with Gasteiger partial charge in [0.2, 0.25) is 0 Å². The Morgan fingerprint density at radius 3 is 2.94 bits per heavy atom. The van der Waals surface area contributed by atoms with Crippen molar-refractivity contribution in [2.75, 3.05) is 0 Å². The number of hydrogen-bond acceptors (Lipinski definition) is 2. The van der Waals surface area contributed by atoms with Gasteiger partial charge in [0.25, 0.3) is 0 Å². The summed E-state index contributed by atoms with van der Waals surface area (Å²) in [6, 6.07) is 6.40. The van der Waals surface area contributed by atoms with Crippen LogP contribution in [-0.4, -0.2) is 16.0 Å². The number of nitrogens with two attached hydrogens (primary N) is 1. The Kier molecular flexibility index (Phi) is 3.25. The van der Waals surface area contributed by atoms with Crippen molar-refractivity contribution in [1.29, 1.82) is 0 Å². The average molecular weight is 217 g/mol. The fourth-order valence-electron chi connectivity index (χ4n) is 2.04. The molecule has 16 heavy (non-hydrogen) atoms. The highest BCUT2D eigenvalue weighted by Gasteiger charge is 2.08. The van der Waals surface area contributed by atoms with Crippen LogP contribution >= 0.6 is 0 Å². The molecule has 1 heterocycles. The van der Waals surface area contributed by atoms with Crippen LogP contribution in [0.1, 0.15) is 31.2 Å². The first kappa shape index (κ1) is 11.1. The lowest BCUT2D eigenvalue weighted by atomic mass is 10.1. The molecule has 0 spiro atoms. The van der Waals surface area contributed by atoms with Crippen LogP contribution in [0.25, 0.3) is 11.0 Å². The summed E-state index contributed by atoms with van der Waals surface area (Å²) in [6.07, 6.45) is 3.01. The number of imidazole rings is 1. The summed E-state index contributed by atoms with van der Waals surface area (Å²) in [5.74, 6) is 1.00. The highest BCUT2D eigenvalue weighted by atomic mass is 14.9. The molecular weight excluding hydrogens is 198 g/mol. The molecule has 1 unspecified atom stereocenters. The Hall–Kier alpha value is -1.35. The topological polar surface area (TPSA) is 54.7 Å². The van der Waals surface area contributed by atoms with Gasteiger partial charge in [0, 0.05) is 12.5 Å². The molecule has 0 bridgehead atoms. The minimum Gasteiger partial charge on any atom is -0.342 e. The van der Waals surface area contributed by atoms with Gasteiger partial charge in [-0.25, -0.2) is 4.98 Å². The summed E-state index contributed by atoms with van der Waals surface area (Å²) in [4.78, 5) is 7.93. The molecule has 0 aliphatic rings. The van der Waals surface area contributed by atoms with E-state index in [0.29, 0.717) is 0 Å². The van der Waals surface area contributed by atoms with Crippen LogP contribution in [0.2, 0.25) is 0 Å². The largest absolute Gasteiger partial charge is 0.342 e. The first-order valence-corrected chi connectivity index (χ1v) is 5.90. The van der Waals surface area contributed by atoms with Crippen LogP contribution in [0.15, 0.2) is 18.2 Å². The number of rotatable bonds is 4. The Morgan fingerprint density at radius 2 is 2.25 bits per heavy atom. The van der Waals surface area contributed by atoms with Gasteiger partial charge in [-0.05, 0) is 25.0 Å². The summed E-state index contributed by atoms with van der Waals surface area (Å²) in [5.41, 5.74) is 9.41. The smallest absolute Gasteiger partial charge is 0.108 e. The second-order valence-electron chi connectivity index (χ2n) is 4.41. The van der Waals surface area contributed by atoms with Gasteiger partial charge < -0.3 is 10.7 Å². The Balaban J connectivity index is 2.23. The summed E-state index contributed by atoms with van der Waals surface area (Å²) in [6.45, 7) is 4.24. The number of nitrogens with zero attached hydrogens (tertiary/aromatic N) is 1. The molecule has 0 amide bonds. The number of benzene rings is 1. The highest BCUT2D eigenvalue weighted by molar-refractivity contribution is 5.78. The number of aromatic amines is 1. The zero-order chi connectivity index (χ0) is 11.5. The van der Waals surface area contributed by atoms with Gasteiger partial charge in [0.1, 0.15) is 5.82 Å². The van der Waals surface area contributed by atoms with Crippen molar-refractivity contribution in [1.82, 2.24) is 9.97 Å². The van der Waals surface area contributed by atoms with Crippen molar-refractivity contribution in [3.05, 3.63) is 29.6 Å². The number of fused-ring (bicyclic) bond motifs is 1. The van der Waals surface area contributed by atoms with Crippen molar-refractivity contribution in [3.63, 3.8) is 0 Å². The van der Waals surface area contributed by atoms with E-state index in [9.17, 15) is 0 Å². The molecule has 3 heteroatoms. The first-order valence-electron chi connectivity index (χ1n) is 5.90. The van der Waals surface area contributed by atoms with Gasteiger partial charge in [-0.3, -0.25) is 0 Å². The van der Waals surface area contributed by atoms with E-state index in [1.165, 1.54) is 5.56 Å². The van der Waals surface area contributed by atoms with E-state index in [0.717, 1.165) is 36.1 Å². The molecule has 0 fully saturated rings. The molecule has 0 saturated heterocycles. The molecule has 3 nitrogen and oxygen atoms in total. The number of aryl methyl sites for hydroxylation is 1. The zero-order valence-electron chi connectivity index (χ0n) is 9.96. The molecule has 3 N–H and O–H groups in total. The minimum absolute atomic E-state index is 0.214. The zero-order valence-corrected chi connectivity index (χ0v) is 9.96. The van der Waals surface area contributed by atoms with Crippen LogP contribution in [-0.2, 0) is 6.42 Å². The molecule has 1 aromatic carbocycles. The molecule has 0 radical (unpaired) electrons. The molecule has 0 saturated carbocycles. The SMILES string of the molecule is CCCC(N)Cc1nc2c(C)cccc2[nH]1. The summed E-state index contributed by atoms with van der Waals surface area (Å²) >= 11 is 0. The quantitative estimate of drug-likeness (QED) is 0.827. The normalized spacial score (nSPS) is 13.2. The van der Waals surface area contributed by atoms with E-state index < -0.39 is 0 Å². The Bertz CT molecular complexity index is 473. The maximum atomic E-state index is 6.02. The second-order valence-corrected chi connectivity index (χ2v) is 4.41. The average Bonchev–Trinajstić information content (AvgIpc) is 2.62. The van der Waals surface area contributed by atoms with E-state index in [1.807, 2.05) is 6.07 Å². The Labute approximate surface area is 96.1 Å². The van der Waals surface area contributed by atoms with Crippen LogP contribution in [0, 0.1) is 6.92 Å². The van der Waals surface area contributed by atoms with Crippen molar-refractivity contribution >= 4 is 11.0 Å². The maximum absolute atomic E-state index is 6.02. The maximum Gasteiger partial charge on any atom is 0.108 e. The lowest BCUT2D eigenvalue weighted by molar-refractivity contribution is 0.588. The van der Waals surface area contributed by atoms with E-state index in [2.05, 4.69) is 35.9 Å². The van der Waals surface area contributed by atoms with E-state index in [-0.39, 0.29) is 6.04 Å². The number of H-pyrrole nitrogens is 1. The van der Waals surface area contributed by atoms with E-state index >= 15 is 0 Å². The predicted molar refractivity (Wildman–Crippen MR) is 67.4 cm³/mol. The molecule has 1 aromatic heterocycles. The lowest BCUT2D eigenvalue weighted by Crippen LogP contribution is -2.22. The summed E-state index contributed by atoms with van der Waals surface area (Å²) in [7, 11) is 0. The standard InChI is InChI=1S/C13H19N3/c1-3-5-10(14)8-12-15-11-7-4-6-9(2)13(11)16-12/h4,6-7,10H,3,5,8,14H2,1-2H3,(H,15,16). The van der Waals surface area contributed by atoms with Crippen LogP contribution in [0.5, 0.6) is 0 Å².